The molecule has 50 valence electrons. The summed E-state index contributed by atoms with van der Waals surface area (Å²) in [5.74, 6) is 0. The Balaban J connectivity index is 2.88. The van der Waals surface area contributed by atoms with Crippen molar-refractivity contribution < 1.29 is 4.42 Å². The molecule has 0 amide bonds. The number of para-hydroxylation sites is 1. The molecule has 0 aliphatic carbocycles. The van der Waals surface area contributed by atoms with Gasteiger partial charge in [0.1, 0.15) is 11.1 Å². The lowest BCUT2D eigenvalue weighted by Gasteiger charge is -1.81. The summed E-state index contributed by atoms with van der Waals surface area (Å²) in [4.78, 5) is 0. The lowest BCUT2D eigenvalue weighted by molar-refractivity contribution is 0.590. The Morgan fingerprint density at radius 2 is 2.10 bits per heavy atom. The van der Waals surface area contributed by atoms with Crippen molar-refractivity contribution in [1.29, 1.82) is 0 Å². The second kappa shape index (κ2) is 2.10. The summed E-state index contributed by atoms with van der Waals surface area (Å²) >= 11 is 0. The third-order valence-corrected chi connectivity index (χ3v) is 2.42. The van der Waals surface area contributed by atoms with Crippen LogP contribution in [0.2, 0.25) is 0 Å². The highest BCUT2D eigenvalue weighted by Gasteiger charge is 1.96. The Morgan fingerprint density at radius 3 is 2.90 bits per heavy atom. The van der Waals surface area contributed by atoms with E-state index in [0.717, 1.165) is 11.1 Å². The van der Waals surface area contributed by atoms with Gasteiger partial charge in [0.15, 0.2) is 0 Å². The summed E-state index contributed by atoms with van der Waals surface area (Å²) in [6, 6.07) is 8.12. The van der Waals surface area contributed by atoms with E-state index in [1.165, 1.54) is 13.3 Å². The van der Waals surface area contributed by atoms with Crippen molar-refractivity contribution in [3.8, 4) is 0 Å². The minimum absolute atomic E-state index is 1.02. The predicted octanol–water partition coefficient (Wildman–Crippen LogP) is 3.32. The Labute approximate surface area is 60.8 Å². The maximum Gasteiger partial charge on any atom is 0.139 e. The molecule has 0 aliphatic rings. The van der Waals surface area contributed by atoms with Crippen molar-refractivity contribution in [2.75, 3.05) is 0 Å². The summed E-state index contributed by atoms with van der Waals surface area (Å²) in [6.07, 6.45) is 0. The molecule has 2 heteroatoms. The van der Waals surface area contributed by atoms with Crippen molar-refractivity contribution in [2.45, 2.75) is 6.92 Å². The minimum atomic E-state index is 1.02. The summed E-state index contributed by atoms with van der Waals surface area (Å²) in [6.45, 7) is 2.00. The Hall–Kier alpha value is -0.810. The van der Waals surface area contributed by atoms with Gasteiger partial charge in [-0.2, -0.15) is 0 Å². The van der Waals surface area contributed by atoms with Gasteiger partial charge < -0.3 is 4.42 Å². The van der Waals surface area contributed by atoms with Crippen LogP contribution in [0.5, 0.6) is 0 Å². The molecule has 2 rings (SSSR count). The van der Waals surface area contributed by atoms with Crippen LogP contribution in [0.3, 0.4) is 0 Å². The van der Waals surface area contributed by atoms with Crippen LogP contribution in [0.4, 0.5) is 0 Å². The molecule has 0 radical (unpaired) electrons. The van der Waals surface area contributed by atoms with Crippen molar-refractivity contribution in [2.24, 2.45) is 0 Å². The van der Waals surface area contributed by atoms with E-state index < -0.39 is 0 Å². The van der Waals surface area contributed by atoms with Crippen molar-refractivity contribution in [3.05, 3.63) is 29.8 Å². The van der Waals surface area contributed by atoms with Crippen LogP contribution < -0.4 is 0 Å². The Bertz CT molecular complexity index is 318. The number of benzene rings is 1. The molecule has 1 nitrogen and oxygen atoms in total. The molecule has 1 aromatic heterocycles. The molecule has 10 heavy (non-hydrogen) atoms. The molecule has 0 spiro atoms. The van der Waals surface area contributed by atoms with E-state index in [1.54, 1.807) is 0 Å². The highest BCUT2D eigenvalue weighted by molar-refractivity contribution is 7.37. The second-order valence-corrected chi connectivity index (χ2v) is 3.54. The van der Waals surface area contributed by atoms with Crippen molar-refractivity contribution >= 4 is 18.9 Å². The van der Waals surface area contributed by atoms with Crippen LogP contribution in [0.1, 0.15) is 5.49 Å². The van der Waals surface area contributed by atoms with Gasteiger partial charge in [-0.15, -0.1) is 0 Å². The average molecular weight is 150 g/mol. The van der Waals surface area contributed by atoms with Gasteiger partial charge in [0.2, 0.25) is 0 Å². The van der Waals surface area contributed by atoms with E-state index in [4.69, 9.17) is 4.42 Å². The largest absolute Gasteiger partial charge is 0.456 e. The lowest BCUT2D eigenvalue weighted by Crippen LogP contribution is -1.56. The first kappa shape index (κ1) is 5.94. The quantitative estimate of drug-likeness (QED) is 0.561. The van der Waals surface area contributed by atoms with Gasteiger partial charge in [0, 0.05) is 5.12 Å². The van der Waals surface area contributed by atoms with Gasteiger partial charge in [-0.05, 0) is 27.2 Å². The van der Waals surface area contributed by atoms with Crippen molar-refractivity contribution in [1.82, 2.24) is 0 Å². The lowest BCUT2D eigenvalue weighted by atomic mass is 10.4. The third kappa shape index (κ3) is 0.833. The molecule has 0 bridgehead atoms. The zero-order valence-electron chi connectivity index (χ0n) is 5.66. The van der Waals surface area contributed by atoms with E-state index in [1.807, 2.05) is 25.1 Å². The number of aryl methyl sites for hydroxylation is 1. The van der Waals surface area contributed by atoms with Gasteiger partial charge in [0.05, 0.1) is 0 Å². The average Bonchev–Trinajstić information content (AvgIpc) is 2.27. The summed E-state index contributed by atoms with van der Waals surface area (Å²) in [7, 11) is 1.22. The van der Waals surface area contributed by atoms with E-state index >= 15 is 0 Å². The zero-order valence-corrected chi connectivity index (χ0v) is 6.56. The van der Waals surface area contributed by atoms with Crippen LogP contribution in [-0.4, -0.2) is 0 Å². The standard InChI is InChI=1S/C8H7OP/c1-6-9-7-4-2-3-5-8(7)10-6/h2-5H,1H3. The fourth-order valence-electron chi connectivity index (χ4n) is 0.987. The molecule has 0 aliphatic heterocycles. The first-order valence-corrected chi connectivity index (χ1v) is 4.08. The zero-order chi connectivity index (χ0) is 6.97. The maximum atomic E-state index is 5.41. The highest BCUT2D eigenvalue weighted by Crippen LogP contribution is 2.28. The topological polar surface area (TPSA) is 13.1 Å². The molecule has 0 N–H and O–H groups in total. The molecule has 1 aromatic carbocycles. The monoisotopic (exact) mass is 150 g/mol. The van der Waals surface area contributed by atoms with E-state index in [2.05, 4.69) is 6.07 Å². The van der Waals surface area contributed by atoms with Crippen LogP contribution in [0.25, 0.3) is 10.7 Å². The van der Waals surface area contributed by atoms with Crippen LogP contribution in [-0.2, 0) is 0 Å². The smallest absolute Gasteiger partial charge is 0.139 e. The van der Waals surface area contributed by atoms with Gasteiger partial charge in [-0.3, -0.25) is 0 Å². The first-order chi connectivity index (χ1) is 4.86. The molecule has 0 unspecified atom stereocenters. The molecular formula is C8H7OP. The van der Waals surface area contributed by atoms with Crippen LogP contribution in [0.15, 0.2) is 28.7 Å². The minimum Gasteiger partial charge on any atom is -0.456 e. The van der Waals surface area contributed by atoms with Crippen LogP contribution in [0, 0.1) is 6.92 Å². The molecule has 0 fully saturated rings. The Morgan fingerprint density at radius 1 is 1.30 bits per heavy atom. The molecule has 0 saturated carbocycles. The van der Waals surface area contributed by atoms with Gasteiger partial charge in [-0.25, -0.2) is 0 Å². The highest BCUT2D eigenvalue weighted by atomic mass is 31.0. The van der Waals surface area contributed by atoms with Gasteiger partial charge in [0.25, 0.3) is 0 Å². The molecular weight excluding hydrogens is 143 g/mol. The number of hydrogen-bond acceptors (Lipinski definition) is 1. The molecule has 1 heterocycles. The third-order valence-electron chi connectivity index (χ3n) is 1.40. The molecule has 0 saturated heterocycles. The van der Waals surface area contributed by atoms with Crippen LogP contribution >= 0.6 is 8.19 Å². The Kier molecular flexibility index (Phi) is 1.25. The van der Waals surface area contributed by atoms with E-state index in [0.29, 0.717) is 0 Å². The second-order valence-electron chi connectivity index (χ2n) is 2.20. The summed E-state index contributed by atoms with van der Waals surface area (Å²) in [5, 5.41) is 1.28. The fourth-order valence-corrected chi connectivity index (χ4v) is 1.86. The molecule has 2 aromatic rings. The first-order valence-electron chi connectivity index (χ1n) is 3.18. The normalized spacial score (nSPS) is 11.3. The van der Waals surface area contributed by atoms with E-state index in [-0.39, 0.29) is 0 Å². The number of hydrogen-bond donors (Lipinski definition) is 0. The maximum absolute atomic E-state index is 5.41. The van der Waals surface area contributed by atoms with Crippen molar-refractivity contribution in [3.63, 3.8) is 0 Å². The summed E-state index contributed by atoms with van der Waals surface area (Å²) < 4.78 is 5.41. The number of rotatable bonds is 0. The SMILES string of the molecule is Cc1oc2ccccc2p1. The summed E-state index contributed by atoms with van der Waals surface area (Å²) in [5.41, 5.74) is 2.09. The fraction of sp³-hybridized carbons (Fsp3) is 0.125. The van der Waals surface area contributed by atoms with E-state index in [9.17, 15) is 0 Å². The predicted molar refractivity (Wildman–Crippen MR) is 43.5 cm³/mol. The van der Waals surface area contributed by atoms with Gasteiger partial charge in [-0.1, -0.05) is 12.1 Å². The number of fused-ring (bicyclic) bond motifs is 1. The van der Waals surface area contributed by atoms with Gasteiger partial charge >= 0.3 is 0 Å². The molecule has 0 atom stereocenters.